The quantitative estimate of drug-likeness (QED) is 0.601. The van der Waals surface area contributed by atoms with Crippen LogP contribution in [0.4, 0.5) is 10.1 Å². The van der Waals surface area contributed by atoms with E-state index in [0.717, 1.165) is 30.6 Å². The summed E-state index contributed by atoms with van der Waals surface area (Å²) in [6.45, 7) is 0.0420. The molecule has 1 saturated carbocycles. The lowest BCUT2D eigenvalue weighted by atomic mass is 9.77. The molecule has 1 aliphatic rings. The first-order valence-corrected chi connectivity index (χ1v) is 5.46. The molecule has 6 nitrogen and oxygen atoms in total. The zero-order chi connectivity index (χ0) is 10.9. The first-order chi connectivity index (χ1) is 7.15. The summed E-state index contributed by atoms with van der Waals surface area (Å²) >= 11 is 1.00. The number of aliphatic hydroxyl groups is 1. The molecule has 1 heterocycles. The molecule has 0 bridgehead atoms. The van der Waals surface area contributed by atoms with Gasteiger partial charge in [-0.1, -0.05) is 0 Å². The molecule has 15 heavy (non-hydrogen) atoms. The Morgan fingerprint density at radius 3 is 2.87 bits per heavy atom. The van der Waals surface area contributed by atoms with Crippen molar-refractivity contribution in [1.29, 1.82) is 0 Å². The summed E-state index contributed by atoms with van der Waals surface area (Å²) in [5, 5.41) is 23.2. The Hall–Kier alpha value is -1.21. The molecule has 0 saturated heterocycles. The Labute approximate surface area is 90.1 Å². The van der Waals surface area contributed by atoms with E-state index in [2.05, 4.69) is 10.3 Å². The lowest BCUT2D eigenvalue weighted by Gasteiger charge is -2.40. The third-order valence-electron chi connectivity index (χ3n) is 2.66. The van der Waals surface area contributed by atoms with Gasteiger partial charge in [0.15, 0.2) is 5.13 Å². The molecule has 2 N–H and O–H groups in total. The Bertz CT molecular complexity index is 369. The van der Waals surface area contributed by atoms with Crippen LogP contribution in [0.15, 0.2) is 6.20 Å². The normalized spacial score (nSPS) is 18.2. The lowest BCUT2D eigenvalue weighted by molar-refractivity contribution is -0.380. The van der Waals surface area contributed by atoms with Crippen molar-refractivity contribution >= 4 is 21.5 Å². The van der Waals surface area contributed by atoms with Crippen LogP contribution in [0.5, 0.6) is 0 Å². The van der Waals surface area contributed by atoms with E-state index in [-0.39, 0.29) is 17.1 Å². The van der Waals surface area contributed by atoms with Crippen LogP contribution in [0.2, 0.25) is 0 Å². The maximum Gasteiger partial charge on any atom is 0.345 e. The number of aliphatic hydroxyl groups excluding tert-OH is 1. The minimum Gasteiger partial charge on any atom is -0.394 e. The molecule has 82 valence electrons. The zero-order valence-corrected chi connectivity index (χ0v) is 8.79. The van der Waals surface area contributed by atoms with Gasteiger partial charge in [-0.2, -0.15) is 0 Å². The van der Waals surface area contributed by atoms with Gasteiger partial charge in [0.2, 0.25) is 0 Å². The van der Waals surface area contributed by atoms with Crippen molar-refractivity contribution in [3.63, 3.8) is 0 Å². The first-order valence-electron chi connectivity index (χ1n) is 4.64. The molecule has 2 rings (SSSR count). The second-order valence-corrected chi connectivity index (χ2v) is 4.69. The average Bonchev–Trinajstić information content (AvgIpc) is 2.59. The molecule has 0 radical (unpaired) electrons. The van der Waals surface area contributed by atoms with Crippen LogP contribution in [-0.4, -0.2) is 27.2 Å². The molecule has 0 unspecified atom stereocenters. The molecule has 1 aromatic heterocycles. The van der Waals surface area contributed by atoms with Gasteiger partial charge in [-0.25, -0.2) is 4.98 Å². The van der Waals surface area contributed by atoms with Crippen LogP contribution in [-0.2, 0) is 0 Å². The van der Waals surface area contributed by atoms with E-state index in [4.69, 9.17) is 0 Å². The molecule has 1 aromatic rings. The van der Waals surface area contributed by atoms with Crippen LogP contribution in [0.25, 0.3) is 0 Å². The first kappa shape index (κ1) is 10.3. The summed E-state index contributed by atoms with van der Waals surface area (Å²) in [7, 11) is 0. The van der Waals surface area contributed by atoms with Crippen molar-refractivity contribution in [1.82, 2.24) is 4.98 Å². The summed E-state index contributed by atoms with van der Waals surface area (Å²) in [6.07, 6.45) is 4.07. The van der Waals surface area contributed by atoms with Gasteiger partial charge in [0, 0.05) is 0 Å². The van der Waals surface area contributed by atoms with E-state index in [0.29, 0.717) is 5.13 Å². The molecule has 0 atom stereocenters. The maximum absolute atomic E-state index is 10.4. The number of aromatic nitrogens is 1. The van der Waals surface area contributed by atoms with Crippen molar-refractivity contribution in [3.8, 4) is 0 Å². The fourth-order valence-electron chi connectivity index (χ4n) is 1.56. The van der Waals surface area contributed by atoms with Crippen molar-refractivity contribution in [2.45, 2.75) is 24.8 Å². The van der Waals surface area contributed by atoms with Gasteiger partial charge in [0.25, 0.3) is 0 Å². The molecular weight excluding hydrogens is 218 g/mol. The number of nitro groups is 1. The molecule has 0 spiro atoms. The van der Waals surface area contributed by atoms with E-state index in [1.54, 1.807) is 0 Å². The maximum atomic E-state index is 10.4. The predicted octanol–water partition coefficient (Wildman–Crippen LogP) is 1.38. The monoisotopic (exact) mass is 229 g/mol. The summed E-state index contributed by atoms with van der Waals surface area (Å²) in [5.41, 5.74) is -0.300. The Morgan fingerprint density at radius 2 is 2.47 bits per heavy atom. The standard InChI is InChI=1S/C8H11N3O3S/c12-5-8(2-1-3-8)10-7-9-4-6(15-7)11(13)14/h4,12H,1-3,5H2,(H,9,10). The van der Waals surface area contributed by atoms with E-state index < -0.39 is 4.92 Å². The third kappa shape index (κ3) is 1.93. The van der Waals surface area contributed by atoms with Gasteiger partial charge in [0.05, 0.1) is 17.1 Å². The lowest BCUT2D eigenvalue weighted by Crippen LogP contribution is -2.48. The number of hydrogen-bond donors (Lipinski definition) is 2. The van der Waals surface area contributed by atoms with Gasteiger partial charge >= 0.3 is 5.00 Å². The highest BCUT2D eigenvalue weighted by Crippen LogP contribution is 2.36. The highest BCUT2D eigenvalue weighted by molar-refractivity contribution is 7.18. The topological polar surface area (TPSA) is 88.3 Å². The van der Waals surface area contributed by atoms with Gasteiger partial charge in [0.1, 0.15) is 6.20 Å². The van der Waals surface area contributed by atoms with Crippen molar-refractivity contribution in [2.75, 3.05) is 11.9 Å². The van der Waals surface area contributed by atoms with Crippen LogP contribution in [0.3, 0.4) is 0 Å². The molecule has 1 aliphatic carbocycles. The van der Waals surface area contributed by atoms with Crippen LogP contribution >= 0.6 is 11.3 Å². The molecule has 0 amide bonds. The highest BCUT2D eigenvalue weighted by atomic mass is 32.1. The van der Waals surface area contributed by atoms with Crippen molar-refractivity contribution in [3.05, 3.63) is 16.3 Å². The summed E-state index contributed by atoms with van der Waals surface area (Å²) in [5.74, 6) is 0. The number of thiazole rings is 1. The van der Waals surface area contributed by atoms with E-state index >= 15 is 0 Å². The van der Waals surface area contributed by atoms with Gasteiger partial charge in [-0.15, -0.1) is 0 Å². The highest BCUT2D eigenvalue weighted by Gasteiger charge is 2.37. The predicted molar refractivity (Wildman–Crippen MR) is 56.1 cm³/mol. The smallest absolute Gasteiger partial charge is 0.345 e. The van der Waals surface area contributed by atoms with Crippen LogP contribution in [0.1, 0.15) is 19.3 Å². The number of anilines is 1. The number of rotatable bonds is 4. The second kappa shape index (κ2) is 3.74. The van der Waals surface area contributed by atoms with Crippen molar-refractivity contribution in [2.24, 2.45) is 0 Å². The van der Waals surface area contributed by atoms with Gasteiger partial charge in [-0.3, -0.25) is 10.1 Å². The minimum absolute atomic E-state index is 0.0184. The van der Waals surface area contributed by atoms with Crippen LogP contribution in [0, 0.1) is 10.1 Å². The molecular formula is C8H11N3O3S. The number of nitrogens with zero attached hydrogens (tertiary/aromatic N) is 2. The van der Waals surface area contributed by atoms with Crippen molar-refractivity contribution < 1.29 is 10.0 Å². The summed E-state index contributed by atoms with van der Waals surface area (Å²) in [4.78, 5) is 13.9. The van der Waals surface area contributed by atoms with Crippen LogP contribution < -0.4 is 5.32 Å². The molecule has 7 heteroatoms. The third-order valence-corrected chi connectivity index (χ3v) is 3.52. The molecule has 1 fully saturated rings. The fraction of sp³-hybridized carbons (Fsp3) is 0.625. The van der Waals surface area contributed by atoms with E-state index in [1.165, 1.54) is 6.20 Å². The van der Waals surface area contributed by atoms with E-state index in [9.17, 15) is 15.2 Å². The largest absolute Gasteiger partial charge is 0.394 e. The van der Waals surface area contributed by atoms with Gasteiger partial charge < -0.3 is 10.4 Å². The van der Waals surface area contributed by atoms with Gasteiger partial charge in [-0.05, 0) is 30.6 Å². The molecule has 0 aromatic carbocycles. The zero-order valence-electron chi connectivity index (χ0n) is 7.97. The Balaban J connectivity index is 2.07. The number of hydrogen-bond acceptors (Lipinski definition) is 6. The number of nitrogens with one attached hydrogen (secondary N) is 1. The summed E-state index contributed by atoms with van der Waals surface area (Å²) in [6, 6.07) is 0. The van der Waals surface area contributed by atoms with E-state index in [1.807, 2.05) is 0 Å². The SMILES string of the molecule is O=[N+]([O-])c1cnc(NC2(CO)CCC2)s1. The Kier molecular flexibility index (Phi) is 2.57. The minimum atomic E-state index is -0.463. The summed E-state index contributed by atoms with van der Waals surface area (Å²) < 4.78 is 0. The second-order valence-electron chi connectivity index (χ2n) is 3.68. The fourth-order valence-corrected chi connectivity index (χ4v) is 2.31. The Morgan fingerprint density at radius 1 is 1.73 bits per heavy atom. The average molecular weight is 229 g/mol. The molecule has 0 aliphatic heterocycles.